The van der Waals surface area contributed by atoms with E-state index in [-0.39, 0.29) is 5.41 Å². The summed E-state index contributed by atoms with van der Waals surface area (Å²) in [7, 11) is 0. The van der Waals surface area contributed by atoms with Crippen molar-refractivity contribution in [1.82, 2.24) is 5.32 Å². The smallest absolute Gasteiger partial charge is 0.231 e. The summed E-state index contributed by atoms with van der Waals surface area (Å²) in [6.45, 7) is 5.49. The summed E-state index contributed by atoms with van der Waals surface area (Å²) in [6.07, 6.45) is 0. The number of rotatable bonds is 4. The summed E-state index contributed by atoms with van der Waals surface area (Å²) in [5.41, 5.74) is 1.24. The average Bonchev–Trinajstić information content (AvgIpc) is 2.73. The number of nitrogens with one attached hydrogen (secondary N) is 1. The molecule has 0 spiro atoms. The van der Waals surface area contributed by atoms with Gasteiger partial charge in [-0.2, -0.15) is 0 Å². The fourth-order valence-electron chi connectivity index (χ4n) is 1.78. The summed E-state index contributed by atoms with van der Waals surface area (Å²) >= 11 is 5.63. The maximum absolute atomic E-state index is 5.63. The Bertz CT molecular complexity index is 379. The van der Waals surface area contributed by atoms with Gasteiger partial charge in [-0.3, -0.25) is 0 Å². The second kappa shape index (κ2) is 4.52. The first-order valence-electron chi connectivity index (χ1n) is 5.30. The predicted molar refractivity (Wildman–Crippen MR) is 64.3 cm³/mol. The molecule has 0 bridgehead atoms. The van der Waals surface area contributed by atoms with Crippen LogP contribution in [0.15, 0.2) is 18.2 Å². The minimum Gasteiger partial charge on any atom is -0.454 e. The minimum atomic E-state index is 0.0237. The Balaban J connectivity index is 2.20. The third-order valence-electron chi connectivity index (χ3n) is 2.82. The zero-order valence-corrected chi connectivity index (χ0v) is 10.3. The van der Waals surface area contributed by atoms with Crippen LogP contribution in [0.3, 0.4) is 0 Å². The number of fused-ring (bicyclic) bond motifs is 1. The van der Waals surface area contributed by atoms with E-state index in [4.69, 9.17) is 21.1 Å². The van der Waals surface area contributed by atoms with Crippen molar-refractivity contribution in [2.75, 3.05) is 19.3 Å². The normalized spacial score (nSPS) is 14.2. The molecule has 1 aliphatic heterocycles. The molecule has 0 saturated carbocycles. The largest absolute Gasteiger partial charge is 0.454 e. The van der Waals surface area contributed by atoms with Gasteiger partial charge < -0.3 is 14.8 Å². The Labute approximate surface area is 101 Å². The molecule has 0 aliphatic carbocycles. The van der Waals surface area contributed by atoms with E-state index in [1.54, 1.807) is 0 Å². The van der Waals surface area contributed by atoms with Crippen LogP contribution in [0.5, 0.6) is 11.5 Å². The van der Waals surface area contributed by atoms with Crippen LogP contribution >= 0.6 is 11.6 Å². The van der Waals surface area contributed by atoms with Gasteiger partial charge in [0.1, 0.15) is 0 Å². The third kappa shape index (κ3) is 2.25. The lowest BCUT2D eigenvalue weighted by molar-refractivity contribution is 0.174. The molecule has 3 nitrogen and oxygen atoms in total. The van der Waals surface area contributed by atoms with Crippen molar-refractivity contribution in [3.05, 3.63) is 23.8 Å². The monoisotopic (exact) mass is 241 g/mol. The molecule has 0 radical (unpaired) electrons. The standard InChI is InChI=1S/C12H16ClNO2/c1-12(2,6-14-7-13)9-3-4-10-11(5-9)16-8-15-10/h3-5,14H,6-8H2,1-2H3. The fourth-order valence-corrected chi connectivity index (χ4v) is 1.87. The van der Waals surface area contributed by atoms with E-state index in [0.29, 0.717) is 12.8 Å². The van der Waals surface area contributed by atoms with Crippen molar-refractivity contribution in [3.63, 3.8) is 0 Å². The summed E-state index contributed by atoms with van der Waals surface area (Å²) in [5, 5.41) is 3.15. The molecule has 1 heterocycles. The van der Waals surface area contributed by atoms with Crippen LogP contribution in [0.1, 0.15) is 19.4 Å². The number of ether oxygens (including phenoxy) is 2. The molecule has 0 saturated heterocycles. The van der Waals surface area contributed by atoms with Gasteiger partial charge in [0, 0.05) is 12.0 Å². The van der Waals surface area contributed by atoms with Crippen LogP contribution in [0, 0.1) is 0 Å². The Morgan fingerprint density at radius 3 is 2.81 bits per heavy atom. The van der Waals surface area contributed by atoms with Gasteiger partial charge in [-0.15, -0.1) is 11.6 Å². The highest BCUT2D eigenvalue weighted by molar-refractivity contribution is 6.17. The first-order valence-corrected chi connectivity index (χ1v) is 5.84. The van der Waals surface area contributed by atoms with E-state index in [9.17, 15) is 0 Å². The van der Waals surface area contributed by atoms with Crippen LogP contribution < -0.4 is 14.8 Å². The molecule has 16 heavy (non-hydrogen) atoms. The maximum Gasteiger partial charge on any atom is 0.231 e. The second-order valence-corrected chi connectivity index (χ2v) is 4.78. The molecule has 0 amide bonds. The molecule has 1 N–H and O–H groups in total. The highest BCUT2D eigenvalue weighted by atomic mass is 35.5. The van der Waals surface area contributed by atoms with Gasteiger partial charge in [0.15, 0.2) is 11.5 Å². The number of halogens is 1. The topological polar surface area (TPSA) is 30.5 Å². The SMILES string of the molecule is CC(C)(CNCCl)c1ccc2c(c1)OCO2. The Kier molecular flexibility index (Phi) is 3.26. The molecule has 2 rings (SSSR count). The Hall–Kier alpha value is -0.930. The van der Waals surface area contributed by atoms with E-state index in [1.807, 2.05) is 12.1 Å². The van der Waals surface area contributed by atoms with Crippen molar-refractivity contribution >= 4 is 11.6 Å². The van der Waals surface area contributed by atoms with E-state index in [0.717, 1.165) is 18.0 Å². The lowest BCUT2D eigenvalue weighted by Crippen LogP contribution is -2.32. The zero-order chi connectivity index (χ0) is 11.6. The summed E-state index contributed by atoms with van der Waals surface area (Å²) < 4.78 is 10.7. The molecule has 0 fully saturated rings. The molecule has 0 atom stereocenters. The first kappa shape index (κ1) is 11.6. The van der Waals surface area contributed by atoms with Crippen LogP contribution in [-0.2, 0) is 5.41 Å². The number of hydrogen-bond acceptors (Lipinski definition) is 3. The number of alkyl halides is 1. The Morgan fingerprint density at radius 2 is 2.06 bits per heavy atom. The molecule has 1 aromatic carbocycles. The van der Waals surface area contributed by atoms with Crippen LogP contribution in [0.25, 0.3) is 0 Å². The summed E-state index contributed by atoms with van der Waals surface area (Å²) in [5.74, 6) is 1.65. The number of hydrogen-bond donors (Lipinski definition) is 1. The van der Waals surface area contributed by atoms with Crippen LogP contribution in [0.2, 0.25) is 0 Å². The average molecular weight is 242 g/mol. The van der Waals surface area contributed by atoms with Crippen molar-refractivity contribution in [2.45, 2.75) is 19.3 Å². The van der Waals surface area contributed by atoms with E-state index < -0.39 is 0 Å². The predicted octanol–water partition coefficient (Wildman–Crippen LogP) is 2.48. The van der Waals surface area contributed by atoms with Crippen LogP contribution in [-0.4, -0.2) is 19.3 Å². The van der Waals surface area contributed by atoms with Crippen molar-refractivity contribution in [3.8, 4) is 11.5 Å². The lowest BCUT2D eigenvalue weighted by Gasteiger charge is -2.25. The highest BCUT2D eigenvalue weighted by Gasteiger charge is 2.23. The lowest BCUT2D eigenvalue weighted by atomic mass is 9.84. The molecular weight excluding hydrogens is 226 g/mol. The Morgan fingerprint density at radius 1 is 1.31 bits per heavy atom. The van der Waals surface area contributed by atoms with Gasteiger partial charge in [-0.25, -0.2) is 0 Å². The molecule has 0 unspecified atom stereocenters. The van der Waals surface area contributed by atoms with E-state index in [1.165, 1.54) is 5.56 Å². The van der Waals surface area contributed by atoms with Gasteiger partial charge in [-0.1, -0.05) is 19.9 Å². The molecule has 1 aromatic rings. The second-order valence-electron chi connectivity index (χ2n) is 4.51. The van der Waals surface area contributed by atoms with Gasteiger partial charge in [0.05, 0.1) is 6.00 Å². The van der Waals surface area contributed by atoms with Crippen molar-refractivity contribution in [1.29, 1.82) is 0 Å². The van der Waals surface area contributed by atoms with Gasteiger partial charge in [0.25, 0.3) is 0 Å². The first-order chi connectivity index (χ1) is 7.63. The molecule has 0 aromatic heterocycles. The molecule has 4 heteroatoms. The summed E-state index contributed by atoms with van der Waals surface area (Å²) in [4.78, 5) is 0. The van der Waals surface area contributed by atoms with Gasteiger partial charge in [0.2, 0.25) is 6.79 Å². The van der Waals surface area contributed by atoms with Crippen molar-refractivity contribution in [2.24, 2.45) is 0 Å². The molecule has 1 aliphatic rings. The van der Waals surface area contributed by atoms with Crippen LogP contribution in [0.4, 0.5) is 0 Å². The maximum atomic E-state index is 5.63. The third-order valence-corrected chi connectivity index (χ3v) is 3.00. The van der Waals surface area contributed by atoms with Gasteiger partial charge >= 0.3 is 0 Å². The number of benzene rings is 1. The fraction of sp³-hybridized carbons (Fsp3) is 0.500. The van der Waals surface area contributed by atoms with Crippen molar-refractivity contribution < 1.29 is 9.47 Å². The molecular formula is C12H16ClNO2. The summed E-state index contributed by atoms with van der Waals surface area (Å²) in [6, 6.07) is 6.54. The van der Waals surface area contributed by atoms with E-state index >= 15 is 0 Å². The van der Waals surface area contributed by atoms with E-state index in [2.05, 4.69) is 25.2 Å². The highest BCUT2D eigenvalue weighted by Crippen LogP contribution is 2.36. The molecule has 88 valence electrons. The minimum absolute atomic E-state index is 0.0237. The van der Waals surface area contributed by atoms with Gasteiger partial charge in [-0.05, 0) is 17.7 Å². The quantitative estimate of drug-likeness (QED) is 0.649. The zero-order valence-electron chi connectivity index (χ0n) is 9.55.